The smallest absolute Gasteiger partial charge is 0.225 e. The molecule has 13 aromatic heterocycles. The topological polar surface area (TPSA) is 118 Å². The molecular weight excluding hydrogens is 1870 g/mol. The molecule has 32 aromatic rings. The van der Waals surface area contributed by atoms with Gasteiger partial charge in [0, 0.05) is 144 Å². The van der Waals surface area contributed by atoms with Gasteiger partial charge in [-0.15, -0.1) is 56.7 Å². The number of furan rings is 2. The number of halogens is 3. The first-order valence-corrected chi connectivity index (χ1v) is 50.9. The summed E-state index contributed by atoms with van der Waals surface area (Å²) in [4.78, 5) is 28.0. The molecule has 32 rings (SSSR count). The summed E-state index contributed by atoms with van der Waals surface area (Å²) < 4.78 is 32.4. The van der Waals surface area contributed by atoms with Crippen LogP contribution in [0.5, 0.6) is 0 Å². The van der Waals surface area contributed by atoms with Crippen LogP contribution >= 0.6 is 91.5 Å². The molecule has 139 heavy (non-hydrogen) atoms. The van der Waals surface area contributed by atoms with Gasteiger partial charge >= 0.3 is 0 Å². The Morgan fingerprint density at radius 3 is 1.00 bits per heavy atom. The number of hydrogen-bond acceptors (Lipinski definition) is 13. The average molecular weight is 1930 g/mol. The van der Waals surface area contributed by atoms with E-state index in [4.69, 9.17) is 53.6 Å². The number of rotatable bonds is 6. The van der Waals surface area contributed by atoms with Crippen LogP contribution in [0.25, 0.3) is 294 Å². The van der Waals surface area contributed by atoms with Crippen LogP contribution in [0.4, 0.5) is 0 Å². The van der Waals surface area contributed by atoms with E-state index in [0.717, 1.165) is 136 Å². The van der Waals surface area contributed by atoms with Gasteiger partial charge in [0.1, 0.15) is 22.3 Å². The first-order valence-electron chi connectivity index (χ1n) is 45.7. The maximum Gasteiger partial charge on any atom is 0.225 e. The maximum absolute atomic E-state index is 6.70. The van der Waals surface area contributed by atoms with Crippen LogP contribution in [0.2, 0.25) is 15.9 Å². The Balaban J connectivity index is 0.0000000994. The number of para-hydroxylation sites is 4. The summed E-state index contributed by atoms with van der Waals surface area (Å²) in [5, 5.41) is 28.9. The number of benzene rings is 19. The van der Waals surface area contributed by atoms with Gasteiger partial charge in [-0.05, 0) is 175 Å². The summed E-state index contributed by atoms with van der Waals surface area (Å²) in [6.07, 6.45) is 0. The minimum absolute atomic E-state index is 0.193. The zero-order valence-corrected chi connectivity index (χ0v) is 79.2. The van der Waals surface area contributed by atoms with Gasteiger partial charge in [0.25, 0.3) is 0 Å². The highest BCUT2D eigenvalue weighted by molar-refractivity contribution is 7.28. The number of aromatic nitrogens is 9. The van der Waals surface area contributed by atoms with Gasteiger partial charge < -0.3 is 18.0 Å². The lowest BCUT2D eigenvalue weighted by atomic mass is 9.99. The number of fused-ring (bicyclic) bond motifs is 42. The van der Waals surface area contributed by atoms with Gasteiger partial charge in [0.2, 0.25) is 15.9 Å². The molecule has 0 saturated heterocycles. The molecule has 0 unspecified atom stereocenters. The first kappa shape index (κ1) is 79.4. The minimum atomic E-state index is 0.193. The Morgan fingerprint density at radius 2 is 0.525 bits per heavy atom. The number of nitrogens with zero attached hydrogens (tertiary/aromatic N) is 9. The highest BCUT2D eigenvalue weighted by Gasteiger charge is 2.30. The Hall–Kier alpha value is -15.8. The first-order chi connectivity index (χ1) is 68.7. The van der Waals surface area contributed by atoms with E-state index >= 15 is 0 Å². The van der Waals surface area contributed by atoms with Crippen molar-refractivity contribution in [3.05, 3.63) is 392 Å². The summed E-state index contributed by atoms with van der Waals surface area (Å²) in [5.74, 6) is 0.649. The standard InChI is InChI=1S/C44H22ClN3OS2.C44H24ClN3S2.C32H16ClN3OS/c45-44-46-39(43-40(47-44)31-13-5-8-16-36(31)51-43)23-17-19-25-26-20-18-24(22-34(26)49-33(25)21-23)48-32-14-6-3-11-29(32)37-27-9-1-2-10-28(27)38-30-12-4-7-15-35(30)50-42(38)41(37)48;45-44-46-39(43-40(47-44)33-13-5-8-16-36(33)50-43)27-19-17-25(18-20-27)26-21-23-28(24-22-26)48-34-14-6-3-11-31(34)37-29-9-1-2-10-30(29)38-32-12-4-7-15-35(32)49-42(38)41(37)48;33-32-34-27-20-12-4-7-15-23(20)37-29(27)31(35-32)36-22-14-6-3-11-19(22)25-17-9-1-2-10-18(17)26-21-13-5-8-16-24(21)38-30(26)28(25)36/h1-22H;1-24H;1-16H. The van der Waals surface area contributed by atoms with Crippen LogP contribution in [0.1, 0.15) is 0 Å². The molecule has 0 aliphatic rings. The Kier molecular flexibility index (Phi) is 17.5. The zero-order chi connectivity index (χ0) is 91.3. The summed E-state index contributed by atoms with van der Waals surface area (Å²) in [6, 6.07) is 134. The van der Waals surface area contributed by atoms with Crippen molar-refractivity contribution in [1.82, 2.24) is 43.6 Å². The van der Waals surface area contributed by atoms with Crippen molar-refractivity contribution in [2.45, 2.75) is 0 Å². The van der Waals surface area contributed by atoms with E-state index in [9.17, 15) is 0 Å². The Labute approximate surface area is 822 Å². The molecular formula is C120H62Cl3N9O2S5. The van der Waals surface area contributed by atoms with Crippen molar-refractivity contribution in [3.63, 3.8) is 0 Å². The van der Waals surface area contributed by atoms with Gasteiger partial charge in [-0.1, -0.05) is 273 Å². The lowest BCUT2D eigenvalue weighted by molar-refractivity contribution is 0.662. The van der Waals surface area contributed by atoms with E-state index in [2.05, 4.69) is 367 Å². The van der Waals surface area contributed by atoms with Gasteiger partial charge in [-0.3, -0.25) is 4.57 Å². The zero-order valence-electron chi connectivity index (χ0n) is 72.8. The third kappa shape index (κ3) is 11.8. The second-order valence-electron chi connectivity index (χ2n) is 35.2. The minimum Gasteiger partial charge on any atom is -0.456 e. The molecule has 0 bridgehead atoms. The highest BCUT2D eigenvalue weighted by atomic mass is 35.5. The quantitative estimate of drug-likeness (QED) is 0.151. The van der Waals surface area contributed by atoms with Crippen molar-refractivity contribution in [3.8, 4) is 50.8 Å². The maximum atomic E-state index is 6.70. The van der Waals surface area contributed by atoms with Gasteiger partial charge in [-0.25, -0.2) is 24.9 Å². The number of thiophene rings is 5. The second kappa shape index (κ2) is 30.6. The molecule has 19 aromatic carbocycles. The molecule has 650 valence electrons. The lowest BCUT2D eigenvalue weighted by Gasteiger charge is -2.11. The molecule has 19 heteroatoms. The van der Waals surface area contributed by atoms with Crippen molar-refractivity contribution < 1.29 is 8.83 Å². The predicted octanol–water partition coefficient (Wildman–Crippen LogP) is 36.8. The molecule has 0 aliphatic carbocycles. The van der Waals surface area contributed by atoms with Crippen LogP contribution in [0.15, 0.2) is 385 Å². The molecule has 0 radical (unpaired) electrons. The third-order valence-corrected chi connectivity index (χ3v) is 34.2. The van der Waals surface area contributed by atoms with Crippen LogP contribution in [-0.2, 0) is 0 Å². The van der Waals surface area contributed by atoms with E-state index in [1.807, 2.05) is 76.5 Å². The molecule has 0 atom stereocenters. The molecule has 0 spiro atoms. The van der Waals surface area contributed by atoms with Crippen LogP contribution in [0.3, 0.4) is 0 Å². The summed E-state index contributed by atoms with van der Waals surface area (Å²) in [6.45, 7) is 0. The fraction of sp³-hybridized carbons (Fsp3) is 0. The van der Waals surface area contributed by atoms with Crippen LogP contribution < -0.4 is 0 Å². The number of hydrogen-bond donors (Lipinski definition) is 0. The van der Waals surface area contributed by atoms with Crippen molar-refractivity contribution in [1.29, 1.82) is 0 Å². The lowest BCUT2D eigenvalue weighted by Crippen LogP contribution is -2.00. The molecule has 0 saturated carbocycles. The molecule has 0 N–H and O–H groups in total. The van der Waals surface area contributed by atoms with Crippen molar-refractivity contribution in [2.24, 2.45) is 0 Å². The average Bonchev–Trinajstić information content (AvgIpc) is 1.53. The predicted molar refractivity (Wildman–Crippen MR) is 592 cm³/mol. The largest absolute Gasteiger partial charge is 0.456 e. The molecule has 0 amide bonds. The molecule has 13 heterocycles. The Morgan fingerprint density at radius 1 is 0.209 bits per heavy atom. The second-order valence-corrected chi connectivity index (χ2v) is 41.5. The fourth-order valence-electron chi connectivity index (χ4n) is 22.0. The molecule has 0 fully saturated rings. The van der Waals surface area contributed by atoms with E-state index in [1.54, 1.807) is 22.7 Å². The van der Waals surface area contributed by atoms with Crippen LogP contribution in [0, 0.1) is 0 Å². The SMILES string of the molecule is Clc1nc(-c2ccc(-c3ccc(-n4c5ccccc5c5c6ccccc6c6c7ccccc7sc6c54)cc3)cc2)c2sc3ccccc3c2n1.Clc1nc(-c2ccc3c(c2)oc2cc(-n4c5ccccc5c5c6ccccc6c6c7ccccc7sc6c54)ccc23)c2sc3ccccc3c2n1.Clc1nc(-n2c3ccccc3c3c4ccccc4c4c5ccccc5sc4c32)c2oc3ccccc3c2n1. The monoisotopic (exact) mass is 1930 g/mol. The molecule has 11 nitrogen and oxygen atoms in total. The van der Waals surface area contributed by atoms with E-state index in [0.29, 0.717) is 11.4 Å². The van der Waals surface area contributed by atoms with Gasteiger partial charge in [0.05, 0.1) is 79.0 Å². The van der Waals surface area contributed by atoms with Gasteiger partial charge in [-0.2, -0.15) is 4.98 Å². The van der Waals surface area contributed by atoms with E-state index in [1.165, 1.54) is 147 Å². The third-order valence-electron chi connectivity index (χ3n) is 27.8. The van der Waals surface area contributed by atoms with Crippen molar-refractivity contribution >= 4 is 334 Å². The van der Waals surface area contributed by atoms with Crippen LogP contribution in [-0.4, -0.2) is 43.6 Å². The fourth-order valence-corrected chi connectivity index (χ4v) is 28.6. The van der Waals surface area contributed by atoms with Gasteiger partial charge in [0.15, 0.2) is 11.4 Å². The summed E-state index contributed by atoms with van der Waals surface area (Å²) in [7, 11) is 0. The van der Waals surface area contributed by atoms with Crippen molar-refractivity contribution in [2.75, 3.05) is 0 Å². The normalized spacial score (nSPS) is 12.3. The highest BCUT2D eigenvalue weighted by Crippen LogP contribution is 2.54. The Bertz CT molecular complexity index is 11000. The molecule has 0 aliphatic heterocycles. The van der Waals surface area contributed by atoms with E-state index in [-0.39, 0.29) is 15.9 Å². The summed E-state index contributed by atoms with van der Waals surface area (Å²) in [5.41, 5.74) is 20.8. The van der Waals surface area contributed by atoms with E-state index < -0.39 is 0 Å². The summed E-state index contributed by atoms with van der Waals surface area (Å²) >= 11 is 28.6.